The van der Waals surface area contributed by atoms with Crippen molar-refractivity contribution in [3.63, 3.8) is 0 Å². The Morgan fingerprint density at radius 1 is 1.00 bits per heavy atom. The van der Waals surface area contributed by atoms with Crippen molar-refractivity contribution in [2.45, 2.75) is 27.4 Å². The first-order valence-corrected chi connectivity index (χ1v) is 12.0. The summed E-state index contributed by atoms with van der Waals surface area (Å²) in [7, 11) is 0. The smallest absolute Gasteiger partial charge is 0.266 e. The first-order chi connectivity index (χ1) is 16.9. The van der Waals surface area contributed by atoms with E-state index in [0.29, 0.717) is 52.8 Å². The number of amides is 1. The lowest BCUT2D eigenvalue weighted by Gasteiger charge is -2.14. The molecule has 0 saturated heterocycles. The normalized spacial score (nSPS) is 10.9. The van der Waals surface area contributed by atoms with Crippen molar-refractivity contribution in [1.29, 1.82) is 5.26 Å². The summed E-state index contributed by atoms with van der Waals surface area (Å²) in [5, 5.41) is 12.4. The number of anilines is 1. The van der Waals surface area contributed by atoms with Gasteiger partial charge in [-0.15, -0.1) is 0 Å². The predicted molar refractivity (Wildman–Crippen MR) is 141 cm³/mol. The first kappa shape index (κ1) is 25.9. The van der Waals surface area contributed by atoms with Gasteiger partial charge in [0.1, 0.15) is 24.0 Å². The Morgan fingerprint density at radius 3 is 2.37 bits per heavy atom. The Hall–Kier alpha value is -3.76. The lowest BCUT2D eigenvalue weighted by molar-refractivity contribution is -0.112. The number of hydrogen-bond donors (Lipinski definition) is 1. The minimum atomic E-state index is -0.513. The van der Waals surface area contributed by atoms with E-state index in [0.717, 1.165) is 11.1 Å². The van der Waals surface area contributed by atoms with Gasteiger partial charge in [-0.05, 0) is 74.4 Å². The standard InChI is InChI=1S/C28H27BrN2O4/c1-4-33-24-11-9-23(10-12-24)31-28(32)22(17-30)14-21-15-26(34-5-2)27(16-25(21)29)35-18-20-8-6-7-19(3)13-20/h6-16H,4-5,18H2,1-3H3,(H,31,32)/b22-14+. The molecule has 0 spiro atoms. The van der Waals surface area contributed by atoms with Crippen LogP contribution in [0.15, 0.2) is 70.7 Å². The zero-order valence-corrected chi connectivity index (χ0v) is 21.5. The maximum atomic E-state index is 12.7. The number of hydrogen-bond acceptors (Lipinski definition) is 5. The van der Waals surface area contributed by atoms with E-state index in [4.69, 9.17) is 14.2 Å². The molecule has 0 saturated carbocycles. The molecular weight excluding hydrogens is 508 g/mol. The second-order valence-corrected chi connectivity index (χ2v) is 8.47. The number of carbonyl (C=O) groups excluding carboxylic acids is 1. The van der Waals surface area contributed by atoms with Crippen LogP contribution in [-0.2, 0) is 11.4 Å². The number of ether oxygens (including phenoxy) is 3. The van der Waals surface area contributed by atoms with Crippen LogP contribution in [-0.4, -0.2) is 19.1 Å². The second-order valence-electron chi connectivity index (χ2n) is 7.61. The van der Waals surface area contributed by atoms with E-state index in [9.17, 15) is 10.1 Å². The van der Waals surface area contributed by atoms with Gasteiger partial charge in [0, 0.05) is 10.2 Å². The van der Waals surface area contributed by atoms with Crippen molar-refractivity contribution in [2.24, 2.45) is 0 Å². The third kappa shape index (κ3) is 7.36. The minimum absolute atomic E-state index is 0.0459. The quantitative estimate of drug-likeness (QED) is 0.231. The third-order valence-corrected chi connectivity index (χ3v) is 5.61. The fourth-order valence-electron chi connectivity index (χ4n) is 3.31. The molecule has 6 nitrogen and oxygen atoms in total. The van der Waals surface area contributed by atoms with Gasteiger partial charge in [-0.1, -0.05) is 45.8 Å². The number of nitrogens with zero attached hydrogens (tertiary/aromatic N) is 1. The first-order valence-electron chi connectivity index (χ1n) is 11.2. The summed E-state index contributed by atoms with van der Waals surface area (Å²) in [4.78, 5) is 12.7. The molecule has 3 aromatic rings. The van der Waals surface area contributed by atoms with E-state index in [1.807, 2.05) is 45.0 Å². The van der Waals surface area contributed by atoms with Gasteiger partial charge >= 0.3 is 0 Å². The highest BCUT2D eigenvalue weighted by molar-refractivity contribution is 9.10. The number of carbonyl (C=O) groups is 1. The molecule has 0 heterocycles. The van der Waals surface area contributed by atoms with E-state index in [1.165, 1.54) is 6.08 Å². The van der Waals surface area contributed by atoms with Crippen LogP contribution in [0.2, 0.25) is 0 Å². The number of benzene rings is 3. The van der Waals surface area contributed by atoms with Gasteiger partial charge in [0.15, 0.2) is 11.5 Å². The Kier molecular flexibility index (Phi) is 9.33. The average molecular weight is 535 g/mol. The number of aryl methyl sites for hydroxylation is 1. The van der Waals surface area contributed by atoms with Gasteiger partial charge in [-0.3, -0.25) is 4.79 Å². The van der Waals surface area contributed by atoms with Gasteiger partial charge in [-0.2, -0.15) is 5.26 Å². The van der Waals surface area contributed by atoms with E-state index in [-0.39, 0.29) is 5.57 Å². The minimum Gasteiger partial charge on any atom is -0.494 e. The zero-order chi connectivity index (χ0) is 25.2. The van der Waals surface area contributed by atoms with Crippen molar-refractivity contribution < 1.29 is 19.0 Å². The molecule has 0 atom stereocenters. The third-order valence-electron chi connectivity index (χ3n) is 4.93. The lowest BCUT2D eigenvalue weighted by Crippen LogP contribution is -2.13. The fraction of sp³-hybridized carbons (Fsp3) is 0.214. The van der Waals surface area contributed by atoms with Crippen LogP contribution < -0.4 is 19.5 Å². The van der Waals surface area contributed by atoms with Crippen LogP contribution in [0.5, 0.6) is 17.2 Å². The molecule has 1 amide bonds. The Morgan fingerprint density at radius 2 is 1.71 bits per heavy atom. The van der Waals surface area contributed by atoms with Crippen LogP contribution in [0.25, 0.3) is 6.08 Å². The molecular formula is C28H27BrN2O4. The molecule has 3 rings (SSSR count). The largest absolute Gasteiger partial charge is 0.494 e. The molecule has 7 heteroatoms. The highest BCUT2D eigenvalue weighted by Gasteiger charge is 2.14. The summed E-state index contributed by atoms with van der Waals surface area (Å²) in [5.74, 6) is 1.29. The van der Waals surface area contributed by atoms with Gasteiger partial charge in [0.05, 0.1) is 13.2 Å². The molecule has 0 aliphatic heterocycles. The number of rotatable bonds is 10. The van der Waals surface area contributed by atoms with Gasteiger partial charge in [-0.25, -0.2) is 0 Å². The Balaban J connectivity index is 1.80. The molecule has 180 valence electrons. The number of halogens is 1. The molecule has 3 aromatic carbocycles. The summed E-state index contributed by atoms with van der Waals surface area (Å²) in [6, 6.07) is 20.6. The summed E-state index contributed by atoms with van der Waals surface area (Å²) in [6.45, 7) is 7.20. The molecule has 0 aromatic heterocycles. The van der Waals surface area contributed by atoms with Crippen LogP contribution in [0.1, 0.15) is 30.5 Å². The molecule has 35 heavy (non-hydrogen) atoms. The monoisotopic (exact) mass is 534 g/mol. The SMILES string of the molecule is CCOc1ccc(NC(=O)/C(C#N)=C/c2cc(OCC)c(OCc3cccc(C)c3)cc2Br)cc1. The molecule has 0 radical (unpaired) electrons. The van der Waals surface area contributed by atoms with E-state index in [2.05, 4.69) is 27.3 Å². The topological polar surface area (TPSA) is 80.6 Å². The van der Waals surface area contributed by atoms with Gasteiger partial charge in [0.2, 0.25) is 0 Å². The van der Waals surface area contributed by atoms with Crippen molar-refractivity contribution in [2.75, 3.05) is 18.5 Å². The van der Waals surface area contributed by atoms with Gasteiger partial charge in [0.25, 0.3) is 5.91 Å². The number of nitrogens with one attached hydrogen (secondary N) is 1. The summed E-state index contributed by atoms with van der Waals surface area (Å²) in [5.41, 5.74) is 3.34. The van der Waals surface area contributed by atoms with Gasteiger partial charge < -0.3 is 19.5 Å². The molecule has 0 aliphatic carbocycles. The van der Waals surface area contributed by atoms with Crippen LogP contribution in [0, 0.1) is 18.3 Å². The van der Waals surface area contributed by atoms with E-state index in [1.54, 1.807) is 36.4 Å². The van der Waals surface area contributed by atoms with Crippen LogP contribution in [0.4, 0.5) is 5.69 Å². The number of nitriles is 1. The lowest BCUT2D eigenvalue weighted by atomic mass is 10.1. The predicted octanol–water partition coefficient (Wildman–Crippen LogP) is 6.68. The van der Waals surface area contributed by atoms with Crippen molar-refractivity contribution >= 4 is 33.6 Å². The molecule has 0 bridgehead atoms. The van der Waals surface area contributed by atoms with Crippen LogP contribution >= 0.6 is 15.9 Å². The Bertz CT molecular complexity index is 1250. The molecule has 1 N–H and O–H groups in total. The van der Waals surface area contributed by atoms with E-state index < -0.39 is 5.91 Å². The fourth-order valence-corrected chi connectivity index (χ4v) is 3.75. The van der Waals surface area contributed by atoms with Crippen molar-refractivity contribution in [3.8, 4) is 23.3 Å². The summed E-state index contributed by atoms with van der Waals surface area (Å²) in [6.07, 6.45) is 1.51. The average Bonchev–Trinajstić information content (AvgIpc) is 2.84. The maximum absolute atomic E-state index is 12.7. The molecule has 0 aliphatic rings. The van der Waals surface area contributed by atoms with Crippen LogP contribution in [0.3, 0.4) is 0 Å². The molecule has 0 fully saturated rings. The Labute approximate surface area is 214 Å². The second kappa shape index (κ2) is 12.6. The summed E-state index contributed by atoms with van der Waals surface area (Å²) >= 11 is 3.53. The molecule has 0 unspecified atom stereocenters. The van der Waals surface area contributed by atoms with Crippen molar-refractivity contribution in [1.82, 2.24) is 0 Å². The van der Waals surface area contributed by atoms with E-state index >= 15 is 0 Å². The highest BCUT2D eigenvalue weighted by Crippen LogP contribution is 2.35. The highest BCUT2D eigenvalue weighted by atomic mass is 79.9. The van der Waals surface area contributed by atoms with Crippen molar-refractivity contribution in [3.05, 3.63) is 87.4 Å². The maximum Gasteiger partial charge on any atom is 0.266 e. The summed E-state index contributed by atoms with van der Waals surface area (Å²) < 4.78 is 17.9. The zero-order valence-electron chi connectivity index (χ0n) is 19.9.